The molecule has 0 aliphatic rings. The molecular weight excluding hydrogens is 331 g/mol. The van der Waals surface area contributed by atoms with Crippen molar-refractivity contribution in [1.82, 2.24) is 9.55 Å². The number of aromatic nitrogens is 2. The van der Waals surface area contributed by atoms with Gasteiger partial charge in [-0.05, 0) is 31.2 Å². The Bertz CT molecular complexity index is 895. The van der Waals surface area contributed by atoms with Crippen molar-refractivity contribution in [3.63, 3.8) is 0 Å². The van der Waals surface area contributed by atoms with Gasteiger partial charge in [-0.15, -0.1) is 0 Å². The van der Waals surface area contributed by atoms with Gasteiger partial charge >= 0.3 is 0 Å². The van der Waals surface area contributed by atoms with E-state index < -0.39 is 0 Å². The first kappa shape index (κ1) is 14.4. The SMILES string of the molecule is Cc1nc2ccccc2c(=O)n1-c1c(Cl)cc(Cl)cc1Cl. The van der Waals surface area contributed by atoms with Crippen LogP contribution in [0.5, 0.6) is 0 Å². The molecule has 0 unspecified atom stereocenters. The number of benzene rings is 2. The van der Waals surface area contributed by atoms with E-state index in [1.165, 1.54) is 4.57 Å². The van der Waals surface area contributed by atoms with Gasteiger partial charge in [0.2, 0.25) is 0 Å². The molecule has 3 rings (SSSR count). The lowest BCUT2D eigenvalue weighted by molar-refractivity contribution is 0.895. The summed E-state index contributed by atoms with van der Waals surface area (Å²) >= 11 is 18.3. The van der Waals surface area contributed by atoms with Crippen LogP contribution in [-0.2, 0) is 0 Å². The number of hydrogen-bond acceptors (Lipinski definition) is 2. The second kappa shape index (κ2) is 5.34. The summed E-state index contributed by atoms with van der Waals surface area (Å²) in [5.41, 5.74) is 0.810. The molecule has 6 heteroatoms. The van der Waals surface area contributed by atoms with E-state index in [9.17, 15) is 4.79 Å². The normalized spacial score (nSPS) is 11.0. The van der Waals surface area contributed by atoms with E-state index >= 15 is 0 Å². The topological polar surface area (TPSA) is 34.9 Å². The Hall–Kier alpha value is -1.55. The number of para-hydroxylation sites is 1. The largest absolute Gasteiger partial charge is 0.268 e. The molecule has 0 saturated carbocycles. The highest BCUT2D eigenvalue weighted by Gasteiger charge is 2.16. The van der Waals surface area contributed by atoms with Gasteiger partial charge in [-0.25, -0.2) is 4.98 Å². The summed E-state index contributed by atoms with van der Waals surface area (Å²) in [6.07, 6.45) is 0. The molecule has 0 atom stereocenters. The van der Waals surface area contributed by atoms with E-state index in [0.717, 1.165) is 0 Å². The molecule has 21 heavy (non-hydrogen) atoms. The second-order valence-electron chi connectivity index (χ2n) is 4.53. The molecule has 1 heterocycles. The van der Waals surface area contributed by atoms with Crippen molar-refractivity contribution in [1.29, 1.82) is 0 Å². The molecule has 0 bridgehead atoms. The van der Waals surface area contributed by atoms with Crippen molar-refractivity contribution in [2.75, 3.05) is 0 Å². The van der Waals surface area contributed by atoms with E-state index in [1.54, 1.807) is 37.3 Å². The van der Waals surface area contributed by atoms with Crippen molar-refractivity contribution in [2.45, 2.75) is 6.92 Å². The summed E-state index contributed by atoms with van der Waals surface area (Å²) in [5.74, 6) is 0.504. The van der Waals surface area contributed by atoms with Gasteiger partial charge in [-0.3, -0.25) is 9.36 Å². The van der Waals surface area contributed by atoms with Gasteiger partial charge in [0.1, 0.15) is 5.82 Å². The molecule has 3 nitrogen and oxygen atoms in total. The number of rotatable bonds is 1. The summed E-state index contributed by atoms with van der Waals surface area (Å²) < 4.78 is 1.41. The molecular formula is C15H9Cl3N2O. The van der Waals surface area contributed by atoms with Crippen LogP contribution in [0.15, 0.2) is 41.2 Å². The first-order chi connectivity index (χ1) is 9.99. The fraction of sp³-hybridized carbons (Fsp3) is 0.0667. The summed E-state index contributed by atoms with van der Waals surface area (Å²) in [6, 6.07) is 10.2. The van der Waals surface area contributed by atoms with Crippen molar-refractivity contribution in [2.24, 2.45) is 0 Å². The first-order valence-corrected chi connectivity index (χ1v) is 7.26. The maximum absolute atomic E-state index is 12.7. The Labute approximate surface area is 135 Å². The maximum atomic E-state index is 12.7. The van der Waals surface area contributed by atoms with Crippen LogP contribution < -0.4 is 5.56 Å². The number of hydrogen-bond donors (Lipinski definition) is 0. The Balaban J connectivity index is 2.44. The molecule has 3 aromatic rings. The minimum atomic E-state index is -0.218. The van der Waals surface area contributed by atoms with Gasteiger partial charge in [0.15, 0.2) is 0 Å². The van der Waals surface area contributed by atoms with Gasteiger partial charge in [0, 0.05) is 5.02 Å². The average molecular weight is 340 g/mol. The standard InChI is InChI=1S/C15H9Cl3N2O/c1-8-19-13-5-3-2-4-10(13)15(21)20(8)14-11(17)6-9(16)7-12(14)18/h2-7H,1H3. The number of nitrogens with zero attached hydrogens (tertiary/aromatic N) is 2. The quantitative estimate of drug-likeness (QED) is 0.646. The van der Waals surface area contributed by atoms with Gasteiger partial charge < -0.3 is 0 Å². The minimum absolute atomic E-state index is 0.218. The third-order valence-corrected chi connectivity index (χ3v) is 3.94. The van der Waals surface area contributed by atoms with Gasteiger partial charge in [-0.1, -0.05) is 46.9 Å². The number of aryl methyl sites for hydroxylation is 1. The second-order valence-corrected chi connectivity index (χ2v) is 5.79. The zero-order chi connectivity index (χ0) is 15.1. The zero-order valence-electron chi connectivity index (χ0n) is 10.9. The van der Waals surface area contributed by atoms with E-state index in [-0.39, 0.29) is 5.56 Å². The molecule has 1 aromatic heterocycles. The fourth-order valence-corrected chi connectivity index (χ4v) is 3.24. The Morgan fingerprint density at radius 3 is 2.33 bits per heavy atom. The third kappa shape index (κ3) is 2.42. The van der Waals surface area contributed by atoms with Crippen LogP contribution in [0.2, 0.25) is 15.1 Å². The molecule has 106 valence electrons. The maximum Gasteiger partial charge on any atom is 0.266 e. The fourth-order valence-electron chi connectivity index (χ4n) is 2.26. The smallest absolute Gasteiger partial charge is 0.266 e. The van der Waals surface area contributed by atoms with Crippen LogP contribution in [0.25, 0.3) is 16.6 Å². The molecule has 0 N–H and O–H groups in total. The highest BCUT2D eigenvalue weighted by atomic mass is 35.5. The van der Waals surface area contributed by atoms with Crippen molar-refractivity contribution in [3.05, 3.63) is 67.6 Å². The summed E-state index contributed by atoms with van der Waals surface area (Å²) in [7, 11) is 0. The Morgan fingerprint density at radius 2 is 1.67 bits per heavy atom. The molecule has 2 aromatic carbocycles. The summed E-state index contributed by atoms with van der Waals surface area (Å²) in [6.45, 7) is 1.73. The molecule has 0 radical (unpaired) electrons. The van der Waals surface area contributed by atoms with Crippen LogP contribution in [-0.4, -0.2) is 9.55 Å². The van der Waals surface area contributed by atoms with Crippen LogP contribution >= 0.6 is 34.8 Å². The third-order valence-electron chi connectivity index (χ3n) is 3.15. The van der Waals surface area contributed by atoms with Gasteiger partial charge in [-0.2, -0.15) is 0 Å². The summed E-state index contributed by atoms with van der Waals surface area (Å²) in [5, 5.41) is 1.52. The molecule has 0 aliphatic heterocycles. The average Bonchev–Trinajstić information content (AvgIpc) is 2.41. The monoisotopic (exact) mass is 338 g/mol. The highest BCUT2D eigenvalue weighted by Crippen LogP contribution is 2.32. The molecule has 0 amide bonds. The predicted octanol–water partition coefficient (Wildman–Crippen LogP) is 4.65. The molecule has 0 saturated heterocycles. The van der Waals surface area contributed by atoms with Gasteiger partial charge in [0.05, 0.1) is 26.6 Å². The van der Waals surface area contributed by atoms with E-state index in [2.05, 4.69) is 4.98 Å². The minimum Gasteiger partial charge on any atom is -0.268 e. The van der Waals surface area contributed by atoms with Gasteiger partial charge in [0.25, 0.3) is 5.56 Å². The van der Waals surface area contributed by atoms with Crippen molar-refractivity contribution >= 4 is 45.7 Å². The number of halogens is 3. The predicted molar refractivity (Wildman–Crippen MR) is 87.1 cm³/mol. The number of fused-ring (bicyclic) bond motifs is 1. The van der Waals surface area contributed by atoms with Crippen LogP contribution in [0, 0.1) is 6.92 Å². The van der Waals surface area contributed by atoms with Crippen LogP contribution in [0.4, 0.5) is 0 Å². The van der Waals surface area contributed by atoms with Crippen molar-refractivity contribution in [3.8, 4) is 5.69 Å². The molecule has 0 spiro atoms. The first-order valence-electron chi connectivity index (χ1n) is 6.12. The Kier molecular flexibility index (Phi) is 3.66. The zero-order valence-corrected chi connectivity index (χ0v) is 13.2. The lowest BCUT2D eigenvalue weighted by atomic mass is 10.2. The summed E-state index contributed by atoms with van der Waals surface area (Å²) in [4.78, 5) is 17.1. The van der Waals surface area contributed by atoms with Crippen molar-refractivity contribution < 1.29 is 0 Å². The van der Waals surface area contributed by atoms with E-state index in [4.69, 9.17) is 34.8 Å². The Morgan fingerprint density at radius 1 is 1.05 bits per heavy atom. The van der Waals surface area contributed by atoms with Crippen LogP contribution in [0.1, 0.15) is 5.82 Å². The van der Waals surface area contributed by atoms with E-state index in [0.29, 0.717) is 37.5 Å². The van der Waals surface area contributed by atoms with Crippen LogP contribution in [0.3, 0.4) is 0 Å². The lowest BCUT2D eigenvalue weighted by Crippen LogP contribution is -2.22. The lowest BCUT2D eigenvalue weighted by Gasteiger charge is -2.14. The van der Waals surface area contributed by atoms with E-state index in [1.807, 2.05) is 6.07 Å². The highest BCUT2D eigenvalue weighted by molar-refractivity contribution is 6.40. The molecule has 0 aliphatic carbocycles. The molecule has 0 fully saturated rings.